The molecule has 0 saturated carbocycles. The van der Waals surface area contributed by atoms with Crippen LogP contribution in [0.2, 0.25) is 0 Å². The van der Waals surface area contributed by atoms with Gasteiger partial charge in [0.25, 0.3) is 0 Å². The van der Waals surface area contributed by atoms with Crippen LogP contribution in [0.25, 0.3) is 0 Å². The molecule has 150 valence electrons. The van der Waals surface area contributed by atoms with Gasteiger partial charge in [0.1, 0.15) is 11.9 Å². The summed E-state index contributed by atoms with van der Waals surface area (Å²) >= 11 is 0. The van der Waals surface area contributed by atoms with Crippen LogP contribution >= 0.6 is 0 Å². The highest BCUT2D eigenvalue weighted by atomic mass is 19.1. The number of carbonyl (C=O) groups excluding carboxylic acids is 2. The Morgan fingerprint density at radius 3 is 2.14 bits per heavy atom. The fraction of sp³-hybridized carbons (Fsp3) is 0.391. The number of carbonyl (C=O) groups is 2. The van der Waals surface area contributed by atoms with Crippen LogP contribution in [-0.4, -0.2) is 28.8 Å². The molecule has 0 aliphatic rings. The average Bonchev–Trinajstić information content (AvgIpc) is 2.68. The van der Waals surface area contributed by atoms with Crippen LogP contribution in [0.4, 0.5) is 4.39 Å². The van der Waals surface area contributed by atoms with Crippen molar-refractivity contribution in [1.29, 1.82) is 0 Å². The molecule has 1 N–H and O–H groups in total. The highest BCUT2D eigenvalue weighted by Crippen LogP contribution is 2.14. The molecule has 5 heteroatoms. The second-order valence-corrected chi connectivity index (χ2v) is 7.30. The van der Waals surface area contributed by atoms with E-state index in [1.165, 1.54) is 12.1 Å². The summed E-state index contributed by atoms with van der Waals surface area (Å²) in [5.74, 6) is -0.679. The number of halogens is 1. The minimum atomic E-state index is -0.608. The van der Waals surface area contributed by atoms with Gasteiger partial charge in [0.05, 0.1) is 6.42 Å². The van der Waals surface area contributed by atoms with Crippen LogP contribution in [0, 0.1) is 12.7 Å². The molecule has 0 unspecified atom stereocenters. The van der Waals surface area contributed by atoms with Crippen molar-refractivity contribution >= 4 is 11.8 Å². The van der Waals surface area contributed by atoms with Gasteiger partial charge in [0.2, 0.25) is 11.8 Å². The number of aryl methyl sites for hydroxylation is 1. The molecular formula is C23H29FN2O2. The Morgan fingerprint density at radius 2 is 1.57 bits per heavy atom. The zero-order chi connectivity index (χ0) is 20.7. The number of benzene rings is 2. The van der Waals surface area contributed by atoms with Crippen molar-refractivity contribution in [1.82, 2.24) is 10.2 Å². The lowest BCUT2D eigenvalue weighted by atomic mass is 10.1. The first-order chi connectivity index (χ1) is 13.3. The molecule has 2 atom stereocenters. The first-order valence-electron chi connectivity index (χ1n) is 9.70. The summed E-state index contributed by atoms with van der Waals surface area (Å²) in [5, 5.41) is 2.95. The zero-order valence-electron chi connectivity index (χ0n) is 17.0. The normalized spacial score (nSPS) is 12.9. The number of nitrogens with one attached hydrogen (secondary N) is 1. The van der Waals surface area contributed by atoms with Crippen LogP contribution in [0.15, 0.2) is 48.5 Å². The lowest BCUT2D eigenvalue weighted by molar-refractivity contribution is -0.140. The van der Waals surface area contributed by atoms with Gasteiger partial charge in [-0.15, -0.1) is 0 Å². The molecule has 0 fully saturated rings. The topological polar surface area (TPSA) is 49.4 Å². The highest BCUT2D eigenvalue weighted by molar-refractivity contribution is 5.88. The lowest BCUT2D eigenvalue weighted by Crippen LogP contribution is -2.49. The van der Waals surface area contributed by atoms with Gasteiger partial charge in [-0.2, -0.15) is 0 Å². The van der Waals surface area contributed by atoms with Gasteiger partial charge in [-0.05, 0) is 50.5 Å². The number of hydrogen-bond acceptors (Lipinski definition) is 2. The van der Waals surface area contributed by atoms with Crippen LogP contribution in [0.1, 0.15) is 43.9 Å². The van der Waals surface area contributed by atoms with Gasteiger partial charge in [0, 0.05) is 12.6 Å². The minimum absolute atomic E-state index is 0.0448. The number of amides is 2. The predicted molar refractivity (Wildman–Crippen MR) is 109 cm³/mol. The van der Waals surface area contributed by atoms with E-state index >= 15 is 0 Å². The summed E-state index contributed by atoms with van der Waals surface area (Å²) in [6, 6.07) is 13.2. The van der Waals surface area contributed by atoms with Crippen molar-refractivity contribution in [2.45, 2.75) is 59.2 Å². The summed E-state index contributed by atoms with van der Waals surface area (Å²) in [4.78, 5) is 27.3. The number of hydrogen-bond donors (Lipinski definition) is 1. The van der Waals surface area contributed by atoms with E-state index in [-0.39, 0.29) is 30.1 Å². The fourth-order valence-corrected chi connectivity index (χ4v) is 2.82. The minimum Gasteiger partial charge on any atom is -0.352 e. The van der Waals surface area contributed by atoms with Crippen LogP contribution in [-0.2, 0) is 22.6 Å². The van der Waals surface area contributed by atoms with Crippen LogP contribution in [0.3, 0.4) is 0 Å². The predicted octanol–water partition coefficient (Wildman–Crippen LogP) is 4.01. The van der Waals surface area contributed by atoms with Crippen molar-refractivity contribution in [2.75, 3.05) is 0 Å². The Bertz CT molecular complexity index is 787. The van der Waals surface area contributed by atoms with Crippen molar-refractivity contribution in [3.8, 4) is 0 Å². The van der Waals surface area contributed by atoms with Crippen molar-refractivity contribution < 1.29 is 14.0 Å². The molecule has 0 saturated heterocycles. The Balaban J connectivity index is 2.20. The van der Waals surface area contributed by atoms with Crippen molar-refractivity contribution in [2.24, 2.45) is 0 Å². The van der Waals surface area contributed by atoms with Crippen LogP contribution < -0.4 is 5.32 Å². The van der Waals surface area contributed by atoms with E-state index in [9.17, 15) is 14.0 Å². The fourth-order valence-electron chi connectivity index (χ4n) is 2.82. The number of rotatable bonds is 8. The van der Waals surface area contributed by atoms with Crippen LogP contribution in [0.5, 0.6) is 0 Å². The largest absolute Gasteiger partial charge is 0.352 e. The molecule has 4 nitrogen and oxygen atoms in total. The van der Waals surface area contributed by atoms with Gasteiger partial charge in [-0.3, -0.25) is 9.59 Å². The molecule has 2 aromatic rings. The van der Waals surface area contributed by atoms with Gasteiger partial charge in [0.15, 0.2) is 0 Å². The second-order valence-electron chi connectivity index (χ2n) is 7.30. The van der Waals surface area contributed by atoms with E-state index < -0.39 is 6.04 Å². The Hall–Kier alpha value is -2.69. The molecule has 2 amide bonds. The molecule has 28 heavy (non-hydrogen) atoms. The third-order valence-electron chi connectivity index (χ3n) is 4.91. The Morgan fingerprint density at radius 1 is 1.00 bits per heavy atom. The highest BCUT2D eigenvalue weighted by Gasteiger charge is 2.26. The molecule has 0 bridgehead atoms. The summed E-state index contributed by atoms with van der Waals surface area (Å²) in [5.41, 5.74) is 2.81. The van der Waals surface area contributed by atoms with Gasteiger partial charge >= 0.3 is 0 Å². The summed E-state index contributed by atoms with van der Waals surface area (Å²) < 4.78 is 13.1. The molecule has 0 aromatic heterocycles. The summed E-state index contributed by atoms with van der Waals surface area (Å²) in [7, 11) is 0. The summed E-state index contributed by atoms with van der Waals surface area (Å²) in [6.07, 6.45) is 0.938. The lowest BCUT2D eigenvalue weighted by Gasteiger charge is -2.30. The standard InChI is InChI=1S/C23H29FN2O2/c1-5-17(3)25-23(28)18(4)26(15-20-8-6-16(2)7-9-20)22(27)14-19-10-12-21(24)13-11-19/h6-13,17-18H,5,14-15H2,1-4H3,(H,25,28)/t17-,18+/m0/s1. The maximum absolute atomic E-state index is 13.1. The smallest absolute Gasteiger partial charge is 0.242 e. The van der Waals surface area contributed by atoms with Gasteiger partial charge < -0.3 is 10.2 Å². The molecule has 0 aliphatic heterocycles. The molecule has 0 heterocycles. The van der Waals surface area contributed by atoms with Crippen molar-refractivity contribution in [3.63, 3.8) is 0 Å². The first kappa shape index (κ1) is 21.6. The second kappa shape index (κ2) is 10.0. The van der Waals surface area contributed by atoms with Gasteiger partial charge in [-0.25, -0.2) is 4.39 Å². The van der Waals surface area contributed by atoms with E-state index in [1.807, 2.05) is 45.0 Å². The van der Waals surface area contributed by atoms with E-state index in [0.717, 1.165) is 23.1 Å². The summed E-state index contributed by atoms with van der Waals surface area (Å²) in [6.45, 7) is 8.03. The number of nitrogens with zero attached hydrogens (tertiary/aromatic N) is 1. The molecule has 0 radical (unpaired) electrons. The third-order valence-corrected chi connectivity index (χ3v) is 4.91. The SMILES string of the molecule is CC[C@H](C)NC(=O)[C@@H](C)N(Cc1ccc(C)cc1)C(=O)Cc1ccc(F)cc1. The molecular weight excluding hydrogens is 355 g/mol. The molecule has 2 aromatic carbocycles. The Kier molecular flexibility index (Phi) is 7.73. The molecule has 0 spiro atoms. The Labute approximate surface area is 166 Å². The maximum atomic E-state index is 13.1. The van der Waals surface area contributed by atoms with E-state index in [0.29, 0.717) is 6.54 Å². The average molecular weight is 384 g/mol. The molecule has 0 aliphatic carbocycles. The first-order valence-corrected chi connectivity index (χ1v) is 9.70. The monoisotopic (exact) mass is 384 g/mol. The van der Waals surface area contributed by atoms with E-state index in [1.54, 1.807) is 24.0 Å². The quantitative estimate of drug-likeness (QED) is 0.748. The molecule has 2 rings (SSSR count). The van der Waals surface area contributed by atoms with Crippen molar-refractivity contribution in [3.05, 3.63) is 71.0 Å². The maximum Gasteiger partial charge on any atom is 0.242 e. The van der Waals surface area contributed by atoms with E-state index in [2.05, 4.69) is 5.32 Å². The van der Waals surface area contributed by atoms with E-state index in [4.69, 9.17) is 0 Å². The third kappa shape index (κ3) is 6.19. The van der Waals surface area contributed by atoms with Gasteiger partial charge in [-0.1, -0.05) is 48.9 Å². The zero-order valence-corrected chi connectivity index (χ0v) is 17.0.